The van der Waals surface area contributed by atoms with Crippen LogP contribution in [0.25, 0.3) is 0 Å². The number of carbonyl (C=O) groups is 1. The van der Waals surface area contributed by atoms with Gasteiger partial charge in [0.25, 0.3) is 5.91 Å². The Bertz CT molecular complexity index is 667. The molecule has 0 aliphatic carbocycles. The van der Waals surface area contributed by atoms with E-state index in [1.807, 2.05) is 12.1 Å². The summed E-state index contributed by atoms with van der Waals surface area (Å²) in [6.45, 7) is 2.54. The third kappa shape index (κ3) is 3.89. The molecule has 1 aliphatic rings. The molecule has 1 atom stereocenters. The van der Waals surface area contributed by atoms with E-state index in [1.165, 1.54) is 12.8 Å². The zero-order chi connectivity index (χ0) is 16.2. The summed E-state index contributed by atoms with van der Waals surface area (Å²) in [5, 5.41) is 3.78. The van der Waals surface area contributed by atoms with Crippen LogP contribution in [0.15, 0.2) is 41.0 Å². The highest BCUT2D eigenvalue weighted by molar-refractivity contribution is 6.42. The predicted octanol–water partition coefficient (Wildman–Crippen LogP) is 4.15. The monoisotopic (exact) mass is 352 g/mol. The van der Waals surface area contributed by atoms with Crippen molar-refractivity contribution in [1.82, 2.24) is 10.2 Å². The Morgan fingerprint density at radius 3 is 2.65 bits per heavy atom. The van der Waals surface area contributed by atoms with Crippen LogP contribution in [0.2, 0.25) is 10.0 Å². The first kappa shape index (κ1) is 16.4. The molecule has 1 N–H and O–H groups in total. The van der Waals surface area contributed by atoms with Gasteiger partial charge in [-0.1, -0.05) is 23.2 Å². The second-order valence-electron chi connectivity index (χ2n) is 5.61. The van der Waals surface area contributed by atoms with Gasteiger partial charge in [-0.2, -0.15) is 0 Å². The Balaban J connectivity index is 1.68. The van der Waals surface area contributed by atoms with Crippen LogP contribution in [-0.4, -0.2) is 30.4 Å². The number of hydrogen-bond acceptors (Lipinski definition) is 3. The quantitative estimate of drug-likeness (QED) is 0.878. The molecule has 0 spiro atoms. The largest absolute Gasteiger partial charge is 0.468 e. The van der Waals surface area contributed by atoms with Gasteiger partial charge in [-0.3, -0.25) is 9.69 Å². The summed E-state index contributed by atoms with van der Waals surface area (Å²) in [4.78, 5) is 14.7. The van der Waals surface area contributed by atoms with Gasteiger partial charge in [0.1, 0.15) is 5.76 Å². The number of nitrogens with one attached hydrogen (secondary N) is 1. The molecular formula is C17H18Cl2N2O2. The molecule has 2 heterocycles. The number of furan rings is 1. The molecule has 3 rings (SSSR count). The first-order valence-corrected chi connectivity index (χ1v) is 8.41. The van der Waals surface area contributed by atoms with Crippen LogP contribution < -0.4 is 5.32 Å². The predicted molar refractivity (Wildman–Crippen MR) is 91.1 cm³/mol. The molecule has 1 aromatic carbocycles. The molecule has 0 unspecified atom stereocenters. The van der Waals surface area contributed by atoms with Crippen molar-refractivity contribution in [2.24, 2.45) is 0 Å². The average molecular weight is 353 g/mol. The van der Waals surface area contributed by atoms with E-state index in [0.717, 1.165) is 18.8 Å². The minimum absolute atomic E-state index is 0.0548. The van der Waals surface area contributed by atoms with Crippen LogP contribution in [0.1, 0.15) is 35.0 Å². The highest BCUT2D eigenvalue weighted by Crippen LogP contribution is 2.25. The van der Waals surface area contributed by atoms with Gasteiger partial charge in [-0.25, -0.2) is 0 Å². The lowest BCUT2D eigenvalue weighted by molar-refractivity contribution is 0.0934. The molecule has 1 aliphatic heterocycles. The molecule has 1 amide bonds. The molecule has 4 nitrogen and oxygen atoms in total. The van der Waals surface area contributed by atoms with E-state index < -0.39 is 0 Å². The lowest BCUT2D eigenvalue weighted by Crippen LogP contribution is -2.36. The van der Waals surface area contributed by atoms with Gasteiger partial charge in [0, 0.05) is 12.1 Å². The second-order valence-corrected chi connectivity index (χ2v) is 6.43. The van der Waals surface area contributed by atoms with Crippen molar-refractivity contribution in [3.8, 4) is 0 Å². The third-order valence-electron chi connectivity index (χ3n) is 4.09. The Labute approximate surface area is 145 Å². The van der Waals surface area contributed by atoms with Crippen molar-refractivity contribution in [3.05, 3.63) is 58.0 Å². The molecule has 23 heavy (non-hydrogen) atoms. The standard InChI is InChI=1S/C17H18Cl2N2O2/c18-13-6-5-12(10-14(13)19)17(22)20-11-15(16-4-3-9-23-16)21-7-1-2-8-21/h3-6,9-10,15H,1-2,7-8,11H2,(H,20,22)/t15-/m0/s1. The zero-order valence-corrected chi connectivity index (χ0v) is 14.1. The maximum atomic E-state index is 12.3. The van der Waals surface area contributed by atoms with Crippen LogP contribution in [0.5, 0.6) is 0 Å². The van der Waals surface area contributed by atoms with E-state index in [-0.39, 0.29) is 11.9 Å². The zero-order valence-electron chi connectivity index (χ0n) is 12.6. The van der Waals surface area contributed by atoms with E-state index in [1.54, 1.807) is 24.5 Å². The van der Waals surface area contributed by atoms with E-state index in [2.05, 4.69) is 10.2 Å². The first-order valence-electron chi connectivity index (χ1n) is 7.66. The van der Waals surface area contributed by atoms with Crippen LogP contribution in [0.4, 0.5) is 0 Å². The number of likely N-dealkylation sites (tertiary alicyclic amines) is 1. The highest BCUT2D eigenvalue weighted by Gasteiger charge is 2.26. The number of rotatable bonds is 5. The molecule has 2 aromatic rings. The second kappa shape index (κ2) is 7.39. The summed E-state index contributed by atoms with van der Waals surface area (Å²) in [6, 6.07) is 8.76. The minimum Gasteiger partial charge on any atom is -0.468 e. The summed E-state index contributed by atoms with van der Waals surface area (Å²) in [5.74, 6) is 0.709. The fourth-order valence-corrected chi connectivity index (χ4v) is 3.17. The van der Waals surface area contributed by atoms with Gasteiger partial charge in [-0.15, -0.1) is 0 Å². The molecule has 0 saturated carbocycles. The number of halogens is 2. The Morgan fingerprint density at radius 1 is 1.22 bits per heavy atom. The average Bonchev–Trinajstić information content (AvgIpc) is 3.24. The summed E-state index contributed by atoms with van der Waals surface area (Å²) >= 11 is 11.9. The summed E-state index contributed by atoms with van der Waals surface area (Å²) in [7, 11) is 0. The number of nitrogens with zero attached hydrogens (tertiary/aromatic N) is 1. The smallest absolute Gasteiger partial charge is 0.251 e. The van der Waals surface area contributed by atoms with E-state index >= 15 is 0 Å². The number of amides is 1. The van der Waals surface area contributed by atoms with Crippen LogP contribution >= 0.6 is 23.2 Å². The molecular weight excluding hydrogens is 335 g/mol. The third-order valence-corrected chi connectivity index (χ3v) is 4.83. The van der Waals surface area contributed by atoms with Crippen LogP contribution in [-0.2, 0) is 0 Å². The van der Waals surface area contributed by atoms with E-state index in [9.17, 15) is 4.79 Å². The van der Waals surface area contributed by atoms with Crippen molar-refractivity contribution in [3.63, 3.8) is 0 Å². The lowest BCUT2D eigenvalue weighted by Gasteiger charge is -2.26. The van der Waals surface area contributed by atoms with Crippen molar-refractivity contribution >= 4 is 29.1 Å². The SMILES string of the molecule is O=C(NC[C@@H](c1ccco1)N1CCCC1)c1ccc(Cl)c(Cl)c1. The molecule has 0 bridgehead atoms. The first-order chi connectivity index (χ1) is 11.1. The van der Waals surface area contributed by atoms with Crippen LogP contribution in [0, 0.1) is 0 Å². The van der Waals surface area contributed by atoms with Gasteiger partial charge in [0.05, 0.1) is 22.4 Å². The molecule has 1 saturated heterocycles. The van der Waals surface area contributed by atoms with Crippen molar-refractivity contribution < 1.29 is 9.21 Å². The Hall–Kier alpha value is -1.49. The van der Waals surface area contributed by atoms with Crippen molar-refractivity contribution in [2.45, 2.75) is 18.9 Å². The summed E-state index contributed by atoms with van der Waals surface area (Å²) in [5.41, 5.74) is 0.499. The highest BCUT2D eigenvalue weighted by atomic mass is 35.5. The fourth-order valence-electron chi connectivity index (χ4n) is 2.87. The maximum Gasteiger partial charge on any atom is 0.251 e. The normalized spacial score (nSPS) is 16.4. The maximum absolute atomic E-state index is 12.3. The Kier molecular flexibility index (Phi) is 5.26. The number of benzene rings is 1. The van der Waals surface area contributed by atoms with Crippen LogP contribution in [0.3, 0.4) is 0 Å². The van der Waals surface area contributed by atoms with Gasteiger partial charge in [0.2, 0.25) is 0 Å². The summed E-state index contributed by atoms with van der Waals surface area (Å²) < 4.78 is 5.55. The van der Waals surface area contributed by atoms with Gasteiger partial charge >= 0.3 is 0 Å². The molecule has 6 heteroatoms. The molecule has 1 aromatic heterocycles. The molecule has 0 radical (unpaired) electrons. The Morgan fingerprint density at radius 2 is 2.00 bits per heavy atom. The summed E-state index contributed by atoms with van der Waals surface area (Å²) in [6.07, 6.45) is 4.02. The van der Waals surface area contributed by atoms with Gasteiger partial charge < -0.3 is 9.73 Å². The molecule has 122 valence electrons. The van der Waals surface area contributed by atoms with Crippen molar-refractivity contribution in [1.29, 1.82) is 0 Å². The van der Waals surface area contributed by atoms with E-state index in [0.29, 0.717) is 22.2 Å². The van der Waals surface area contributed by atoms with Gasteiger partial charge in [0.15, 0.2) is 0 Å². The minimum atomic E-state index is -0.167. The molecule has 1 fully saturated rings. The van der Waals surface area contributed by atoms with Gasteiger partial charge in [-0.05, 0) is 56.3 Å². The lowest BCUT2D eigenvalue weighted by atomic mass is 10.1. The number of hydrogen-bond donors (Lipinski definition) is 1. The topological polar surface area (TPSA) is 45.5 Å². The number of carbonyl (C=O) groups excluding carboxylic acids is 1. The van der Waals surface area contributed by atoms with Crippen molar-refractivity contribution in [2.75, 3.05) is 19.6 Å². The fraction of sp³-hybridized carbons (Fsp3) is 0.353. The van der Waals surface area contributed by atoms with E-state index in [4.69, 9.17) is 27.6 Å².